The lowest BCUT2D eigenvalue weighted by molar-refractivity contribution is -0.138. The number of aliphatic carboxylic acids is 1. The maximum absolute atomic E-state index is 11.6. The molecule has 5 heteroatoms. The lowest BCUT2D eigenvalue weighted by atomic mass is 9.85. The first-order valence-electron chi connectivity index (χ1n) is 6.03. The van der Waals surface area contributed by atoms with Crippen molar-refractivity contribution < 1.29 is 14.7 Å². The molecule has 0 aliphatic carbocycles. The highest BCUT2D eigenvalue weighted by Crippen LogP contribution is 2.32. The normalized spacial score (nSPS) is 21.5. The summed E-state index contributed by atoms with van der Waals surface area (Å²) in [5.41, 5.74) is 0.156. The van der Waals surface area contributed by atoms with Gasteiger partial charge in [-0.1, -0.05) is 20.8 Å². The van der Waals surface area contributed by atoms with Gasteiger partial charge in [0.25, 0.3) is 0 Å². The highest BCUT2D eigenvalue weighted by Gasteiger charge is 2.34. The second-order valence-electron chi connectivity index (χ2n) is 5.66. The standard InChI is InChI=1S/C12H22N2O3/c1-12(2,3)9-5-4-6-14(9)8-10(15)13-7-11(16)17/h9H,4-8H2,1-3H3,(H,13,15)(H,16,17). The lowest BCUT2D eigenvalue weighted by Crippen LogP contribution is -2.45. The predicted molar refractivity (Wildman–Crippen MR) is 64.7 cm³/mol. The Morgan fingerprint density at radius 3 is 2.59 bits per heavy atom. The fourth-order valence-corrected chi connectivity index (χ4v) is 2.41. The van der Waals surface area contributed by atoms with E-state index in [1.54, 1.807) is 0 Å². The molecule has 0 aromatic carbocycles. The highest BCUT2D eigenvalue weighted by atomic mass is 16.4. The number of carbonyl (C=O) groups excluding carboxylic acids is 1. The smallest absolute Gasteiger partial charge is 0.322 e. The molecule has 1 aliphatic heterocycles. The molecule has 1 aliphatic rings. The first kappa shape index (κ1) is 14.0. The number of nitrogens with zero attached hydrogens (tertiary/aromatic N) is 1. The van der Waals surface area contributed by atoms with Gasteiger partial charge in [0.15, 0.2) is 0 Å². The summed E-state index contributed by atoms with van der Waals surface area (Å²) in [5.74, 6) is -1.21. The summed E-state index contributed by atoms with van der Waals surface area (Å²) in [7, 11) is 0. The van der Waals surface area contributed by atoms with Gasteiger partial charge in [-0.3, -0.25) is 14.5 Å². The summed E-state index contributed by atoms with van der Waals surface area (Å²) in [4.78, 5) is 24.0. The average molecular weight is 242 g/mol. The molecule has 1 saturated heterocycles. The largest absolute Gasteiger partial charge is 0.480 e. The molecule has 17 heavy (non-hydrogen) atoms. The fraction of sp³-hybridized carbons (Fsp3) is 0.833. The predicted octanol–water partition coefficient (Wildman–Crippen LogP) is 0.698. The molecule has 0 spiro atoms. The van der Waals surface area contributed by atoms with Crippen LogP contribution in [0.3, 0.4) is 0 Å². The van der Waals surface area contributed by atoms with Gasteiger partial charge in [-0.2, -0.15) is 0 Å². The third kappa shape index (κ3) is 4.34. The van der Waals surface area contributed by atoms with Gasteiger partial charge in [-0.25, -0.2) is 0 Å². The van der Waals surface area contributed by atoms with Gasteiger partial charge in [0.1, 0.15) is 6.54 Å². The first-order valence-corrected chi connectivity index (χ1v) is 6.03. The van der Waals surface area contributed by atoms with Gasteiger partial charge in [-0.15, -0.1) is 0 Å². The summed E-state index contributed by atoms with van der Waals surface area (Å²) in [5, 5.41) is 10.9. The van der Waals surface area contributed by atoms with E-state index in [2.05, 4.69) is 31.0 Å². The summed E-state index contributed by atoms with van der Waals surface area (Å²) in [6, 6.07) is 0.401. The van der Waals surface area contributed by atoms with E-state index in [0.717, 1.165) is 19.4 Å². The Morgan fingerprint density at radius 1 is 1.41 bits per heavy atom. The number of nitrogens with one attached hydrogen (secondary N) is 1. The Balaban J connectivity index is 2.45. The molecule has 5 nitrogen and oxygen atoms in total. The van der Waals surface area contributed by atoms with Crippen molar-refractivity contribution in [3.63, 3.8) is 0 Å². The Kier molecular flexibility index (Phi) is 4.51. The van der Waals surface area contributed by atoms with Crippen LogP contribution in [0, 0.1) is 5.41 Å². The number of rotatable bonds is 4. The van der Waals surface area contributed by atoms with Gasteiger partial charge in [-0.05, 0) is 24.8 Å². The Bertz CT molecular complexity index is 297. The number of carboxylic acid groups (broad SMARTS) is 1. The van der Waals surface area contributed by atoms with Crippen LogP contribution in [0.5, 0.6) is 0 Å². The van der Waals surface area contributed by atoms with Crippen LogP contribution in [0.2, 0.25) is 0 Å². The maximum Gasteiger partial charge on any atom is 0.322 e. The topological polar surface area (TPSA) is 69.6 Å². The van der Waals surface area contributed by atoms with Crippen molar-refractivity contribution in [3.8, 4) is 0 Å². The summed E-state index contributed by atoms with van der Waals surface area (Å²) in [6.45, 7) is 7.44. The van der Waals surface area contributed by atoms with Crippen LogP contribution >= 0.6 is 0 Å². The van der Waals surface area contributed by atoms with Gasteiger partial charge >= 0.3 is 5.97 Å². The highest BCUT2D eigenvalue weighted by molar-refractivity contribution is 5.82. The SMILES string of the molecule is CC(C)(C)C1CCCN1CC(=O)NCC(=O)O. The minimum Gasteiger partial charge on any atom is -0.480 e. The van der Waals surface area contributed by atoms with Gasteiger partial charge in [0.05, 0.1) is 6.54 Å². The average Bonchev–Trinajstić information content (AvgIpc) is 2.62. The zero-order chi connectivity index (χ0) is 13.1. The van der Waals surface area contributed by atoms with E-state index in [9.17, 15) is 9.59 Å². The van der Waals surface area contributed by atoms with Gasteiger partial charge < -0.3 is 10.4 Å². The van der Waals surface area contributed by atoms with Crippen LogP contribution in [0.15, 0.2) is 0 Å². The lowest BCUT2D eigenvalue weighted by Gasteiger charge is -2.34. The summed E-state index contributed by atoms with van der Waals surface area (Å²) < 4.78 is 0. The van der Waals surface area contributed by atoms with Gasteiger partial charge in [0.2, 0.25) is 5.91 Å². The van der Waals surface area contributed by atoms with E-state index in [-0.39, 0.29) is 17.9 Å². The van der Waals surface area contributed by atoms with Crippen LogP contribution < -0.4 is 5.32 Å². The molecule has 1 heterocycles. The van der Waals surface area contributed by atoms with E-state index in [0.29, 0.717) is 12.6 Å². The molecule has 1 unspecified atom stereocenters. The van der Waals surface area contributed by atoms with Crippen LogP contribution in [0.25, 0.3) is 0 Å². The molecule has 98 valence electrons. The molecule has 1 fully saturated rings. The van der Waals surface area contributed by atoms with Crippen LogP contribution in [0.1, 0.15) is 33.6 Å². The second-order valence-corrected chi connectivity index (χ2v) is 5.66. The number of hydrogen-bond acceptors (Lipinski definition) is 3. The zero-order valence-corrected chi connectivity index (χ0v) is 10.8. The van der Waals surface area contributed by atoms with Crippen molar-refractivity contribution in [1.82, 2.24) is 10.2 Å². The fourth-order valence-electron chi connectivity index (χ4n) is 2.41. The molecule has 0 aromatic rings. The summed E-state index contributed by atoms with van der Waals surface area (Å²) in [6.07, 6.45) is 2.21. The van der Waals surface area contributed by atoms with Crippen molar-refractivity contribution in [1.29, 1.82) is 0 Å². The van der Waals surface area contributed by atoms with Crippen molar-refractivity contribution in [3.05, 3.63) is 0 Å². The third-order valence-corrected chi connectivity index (χ3v) is 3.15. The Morgan fingerprint density at radius 2 is 2.06 bits per heavy atom. The minimum absolute atomic E-state index is 0.156. The van der Waals surface area contributed by atoms with Crippen LogP contribution in [0.4, 0.5) is 0 Å². The third-order valence-electron chi connectivity index (χ3n) is 3.15. The monoisotopic (exact) mass is 242 g/mol. The van der Waals surface area contributed by atoms with Crippen LogP contribution in [-0.4, -0.2) is 47.6 Å². The van der Waals surface area contributed by atoms with Crippen LogP contribution in [-0.2, 0) is 9.59 Å². The number of hydrogen-bond donors (Lipinski definition) is 2. The second kappa shape index (κ2) is 5.49. The van der Waals surface area contributed by atoms with E-state index in [1.807, 2.05) is 0 Å². The first-order chi connectivity index (χ1) is 7.80. The molecule has 2 N–H and O–H groups in total. The number of amides is 1. The molecule has 1 amide bonds. The number of carboxylic acids is 1. The summed E-state index contributed by atoms with van der Waals surface area (Å²) >= 11 is 0. The van der Waals surface area contributed by atoms with Gasteiger partial charge in [0, 0.05) is 6.04 Å². The zero-order valence-electron chi connectivity index (χ0n) is 10.8. The molecule has 0 bridgehead atoms. The van der Waals surface area contributed by atoms with E-state index in [4.69, 9.17) is 5.11 Å². The minimum atomic E-state index is -1.01. The molecule has 1 atom stereocenters. The Labute approximate surface area is 102 Å². The number of carbonyl (C=O) groups is 2. The Hall–Kier alpha value is -1.10. The quantitative estimate of drug-likeness (QED) is 0.761. The molecule has 0 radical (unpaired) electrons. The van der Waals surface area contributed by atoms with E-state index >= 15 is 0 Å². The molecule has 0 saturated carbocycles. The van der Waals surface area contributed by atoms with E-state index in [1.165, 1.54) is 0 Å². The number of likely N-dealkylation sites (tertiary alicyclic amines) is 1. The molecule has 1 rings (SSSR count). The van der Waals surface area contributed by atoms with E-state index < -0.39 is 5.97 Å². The van der Waals surface area contributed by atoms with Crippen molar-refractivity contribution in [2.24, 2.45) is 5.41 Å². The molecular weight excluding hydrogens is 220 g/mol. The maximum atomic E-state index is 11.6. The molecular formula is C12H22N2O3. The molecule has 0 aromatic heterocycles. The van der Waals surface area contributed by atoms with Crippen molar-refractivity contribution in [2.75, 3.05) is 19.6 Å². The van der Waals surface area contributed by atoms with Crippen molar-refractivity contribution >= 4 is 11.9 Å². The van der Waals surface area contributed by atoms with Crippen molar-refractivity contribution in [2.45, 2.75) is 39.7 Å².